The second kappa shape index (κ2) is 11.7. The summed E-state index contributed by atoms with van der Waals surface area (Å²) in [6, 6.07) is 0. The van der Waals surface area contributed by atoms with Crippen LogP contribution in [-0.4, -0.2) is 64.3 Å². The van der Waals surface area contributed by atoms with Crippen molar-refractivity contribution < 1.29 is 4.74 Å². The van der Waals surface area contributed by atoms with Gasteiger partial charge in [0.2, 0.25) is 0 Å². The molecule has 17 heavy (non-hydrogen) atoms. The van der Waals surface area contributed by atoms with E-state index in [-0.39, 0.29) is 0 Å². The van der Waals surface area contributed by atoms with Crippen LogP contribution in [0.25, 0.3) is 0 Å². The van der Waals surface area contributed by atoms with E-state index in [0.717, 1.165) is 51.8 Å². The SMILES string of the molecule is CCNC(=NCCCN(C)C)NCCOCC. The molecule has 0 aliphatic rings. The summed E-state index contributed by atoms with van der Waals surface area (Å²) in [5.74, 6) is 0.881. The van der Waals surface area contributed by atoms with Gasteiger partial charge in [-0.2, -0.15) is 0 Å². The van der Waals surface area contributed by atoms with Crippen LogP contribution in [0.3, 0.4) is 0 Å². The van der Waals surface area contributed by atoms with E-state index in [4.69, 9.17) is 4.74 Å². The summed E-state index contributed by atoms with van der Waals surface area (Å²) in [6.45, 7) is 9.16. The minimum absolute atomic E-state index is 0.721. The summed E-state index contributed by atoms with van der Waals surface area (Å²) >= 11 is 0. The highest BCUT2D eigenvalue weighted by Crippen LogP contribution is 1.85. The van der Waals surface area contributed by atoms with E-state index >= 15 is 0 Å². The quantitative estimate of drug-likeness (QED) is 0.353. The Kier molecular flexibility index (Phi) is 11.1. The first-order valence-corrected chi connectivity index (χ1v) is 6.45. The summed E-state index contributed by atoms with van der Waals surface area (Å²) in [6.07, 6.45) is 1.08. The van der Waals surface area contributed by atoms with Gasteiger partial charge < -0.3 is 20.3 Å². The van der Waals surface area contributed by atoms with E-state index in [0.29, 0.717) is 0 Å². The molecule has 0 bridgehead atoms. The van der Waals surface area contributed by atoms with E-state index in [1.165, 1.54) is 0 Å². The van der Waals surface area contributed by atoms with Crippen molar-refractivity contribution in [3.05, 3.63) is 0 Å². The third-order valence-corrected chi connectivity index (χ3v) is 2.12. The molecule has 0 aromatic rings. The lowest BCUT2D eigenvalue weighted by Crippen LogP contribution is -2.39. The van der Waals surface area contributed by atoms with Crippen LogP contribution in [0.4, 0.5) is 0 Å². The molecule has 0 amide bonds. The third kappa shape index (κ3) is 11.5. The molecule has 0 aromatic heterocycles. The highest BCUT2D eigenvalue weighted by atomic mass is 16.5. The third-order valence-electron chi connectivity index (χ3n) is 2.12. The number of hydrogen-bond donors (Lipinski definition) is 2. The normalized spacial score (nSPS) is 11.9. The topological polar surface area (TPSA) is 48.9 Å². The Bertz CT molecular complexity index is 195. The maximum atomic E-state index is 5.27. The van der Waals surface area contributed by atoms with Crippen LogP contribution >= 0.6 is 0 Å². The molecule has 0 fully saturated rings. The largest absolute Gasteiger partial charge is 0.380 e. The zero-order chi connectivity index (χ0) is 12.9. The number of guanidine groups is 1. The Hall–Kier alpha value is -0.810. The average Bonchev–Trinajstić information content (AvgIpc) is 2.29. The van der Waals surface area contributed by atoms with Crippen LogP contribution in [0.5, 0.6) is 0 Å². The molecule has 0 saturated heterocycles. The van der Waals surface area contributed by atoms with Crippen molar-refractivity contribution in [1.82, 2.24) is 15.5 Å². The van der Waals surface area contributed by atoms with E-state index < -0.39 is 0 Å². The number of aliphatic imine (C=N–C) groups is 1. The summed E-state index contributed by atoms with van der Waals surface area (Å²) in [7, 11) is 4.16. The molecule has 0 heterocycles. The van der Waals surface area contributed by atoms with Crippen molar-refractivity contribution in [2.75, 3.05) is 53.5 Å². The number of nitrogens with one attached hydrogen (secondary N) is 2. The lowest BCUT2D eigenvalue weighted by molar-refractivity contribution is 0.152. The average molecular weight is 244 g/mol. The van der Waals surface area contributed by atoms with Gasteiger partial charge in [-0.15, -0.1) is 0 Å². The molecule has 0 unspecified atom stereocenters. The smallest absolute Gasteiger partial charge is 0.191 e. The number of rotatable bonds is 9. The van der Waals surface area contributed by atoms with Crippen molar-refractivity contribution in [2.45, 2.75) is 20.3 Å². The summed E-state index contributed by atoms with van der Waals surface area (Å²) in [5.41, 5.74) is 0. The predicted molar refractivity (Wildman–Crippen MR) is 73.6 cm³/mol. The molecule has 0 aliphatic carbocycles. The second-order valence-electron chi connectivity index (χ2n) is 4.04. The van der Waals surface area contributed by atoms with Crippen molar-refractivity contribution in [3.8, 4) is 0 Å². The standard InChI is InChI=1S/C12H28N4O/c1-5-13-12(15-9-11-17-6-2)14-8-7-10-16(3)4/h5-11H2,1-4H3,(H2,13,14,15). The van der Waals surface area contributed by atoms with Crippen LogP contribution in [0.1, 0.15) is 20.3 Å². The van der Waals surface area contributed by atoms with E-state index in [2.05, 4.69) is 41.5 Å². The molecule has 0 aliphatic heterocycles. The van der Waals surface area contributed by atoms with Crippen LogP contribution < -0.4 is 10.6 Å². The number of hydrogen-bond acceptors (Lipinski definition) is 3. The van der Waals surface area contributed by atoms with Gasteiger partial charge in [-0.25, -0.2) is 0 Å². The molecule has 2 N–H and O–H groups in total. The van der Waals surface area contributed by atoms with Crippen LogP contribution in [0.15, 0.2) is 4.99 Å². The van der Waals surface area contributed by atoms with Crippen molar-refractivity contribution in [1.29, 1.82) is 0 Å². The molecule has 0 spiro atoms. The van der Waals surface area contributed by atoms with Gasteiger partial charge in [0.15, 0.2) is 5.96 Å². The highest BCUT2D eigenvalue weighted by molar-refractivity contribution is 5.79. The molecular formula is C12H28N4O. The lowest BCUT2D eigenvalue weighted by atomic mass is 10.4. The fraction of sp³-hybridized carbons (Fsp3) is 0.917. The summed E-state index contributed by atoms with van der Waals surface area (Å²) in [5, 5.41) is 6.46. The Labute approximate surface area is 106 Å². The van der Waals surface area contributed by atoms with Crippen LogP contribution in [0.2, 0.25) is 0 Å². The fourth-order valence-corrected chi connectivity index (χ4v) is 1.31. The monoisotopic (exact) mass is 244 g/mol. The molecular weight excluding hydrogens is 216 g/mol. The Morgan fingerprint density at radius 2 is 2.00 bits per heavy atom. The molecule has 0 aromatic carbocycles. The first kappa shape index (κ1) is 16.2. The number of nitrogens with zero attached hydrogens (tertiary/aromatic N) is 2. The Morgan fingerprint density at radius 3 is 2.59 bits per heavy atom. The molecule has 102 valence electrons. The summed E-state index contributed by atoms with van der Waals surface area (Å²) < 4.78 is 5.27. The van der Waals surface area contributed by atoms with Gasteiger partial charge in [0.1, 0.15) is 0 Å². The number of ether oxygens (including phenoxy) is 1. The van der Waals surface area contributed by atoms with Crippen molar-refractivity contribution >= 4 is 5.96 Å². The van der Waals surface area contributed by atoms with Gasteiger partial charge in [0.05, 0.1) is 6.61 Å². The van der Waals surface area contributed by atoms with Gasteiger partial charge in [0, 0.05) is 26.2 Å². The molecule has 0 rings (SSSR count). The van der Waals surface area contributed by atoms with Crippen LogP contribution in [0, 0.1) is 0 Å². The van der Waals surface area contributed by atoms with E-state index in [1.807, 2.05) is 6.92 Å². The molecule has 0 atom stereocenters. The lowest BCUT2D eigenvalue weighted by Gasteiger charge is -2.12. The predicted octanol–water partition coefficient (Wildman–Crippen LogP) is 0.530. The van der Waals surface area contributed by atoms with E-state index in [1.54, 1.807) is 0 Å². The Balaban J connectivity index is 3.74. The molecule has 5 heteroatoms. The van der Waals surface area contributed by atoms with Gasteiger partial charge >= 0.3 is 0 Å². The van der Waals surface area contributed by atoms with Gasteiger partial charge in [-0.1, -0.05) is 0 Å². The fourth-order valence-electron chi connectivity index (χ4n) is 1.31. The molecule has 5 nitrogen and oxygen atoms in total. The maximum Gasteiger partial charge on any atom is 0.191 e. The second-order valence-corrected chi connectivity index (χ2v) is 4.04. The van der Waals surface area contributed by atoms with Crippen LogP contribution in [-0.2, 0) is 4.74 Å². The molecule has 0 saturated carbocycles. The van der Waals surface area contributed by atoms with Crippen molar-refractivity contribution in [2.24, 2.45) is 4.99 Å². The van der Waals surface area contributed by atoms with Gasteiger partial charge in [-0.05, 0) is 40.9 Å². The minimum atomic E-state index is 0.721. The zero-order valence-corrected chi connectivity index (χ0v) is 11.8. The first-order valence-electron chi connectivity index (χ1n) is 6.45. The first-order chi connectivity index (χ1) is 8.20. The summed E-state index contributed by atoms with van der Waals surface area (Å²) in [4.78, 5) is 6.67. The maximum absolute atomic E-state index is 5.27. The Morgan fingerprint density at radius 1 is 1.24 bits per heavy atom. The van der Waals surface area contributed by atoms with E-state index in [9.17, 15) is 0 Å². The van der Waals surface area contributed by atoms with Gasteiger partial charge in [-0.3, -0.25) is 4.99 Å². The highest BCUT2D eigenvalue weighted by Gasteiger charge is 1.96. The van der Waals surface area contributed by atoms with Gasteiger partial charge in [0.25, 0.3) is 0 Å². The molecule has 0 radical (unpaired) electrons. The zero-order valence-electron chi connectivity index (χ0n) is 11.8. The minimum Gasteiger partial charge on any atom is -0.380 e. The van der Waals surface area contributed by atoms with Crippen molar-refractivity contribution in [3.63, 3.8) is 0 Å².